The van der Waals surface area contributed by atoms with Crippen LogP contribution < -0.4 is 10.1 Å². The Morgan fingerprint density at radius 3 is 3.00 bits per heavy atom. The molecule has 0 radical (unpaired) electrons. The van der Waals surface area contributed by atoms with Crippen LogP contribution >= 0.6 is 11.3 Å². The van der Waals surface area contributed by atoms with Gasteiger partial charge in [0.1, 0.15) is 10.8 Å². The summed E-state index contributed by atoms with van der Waals surface area (Å²) in [4.78, 5) is 4.64. The van der Waals surface area contributed by atoms with Crippen LogP contribution in [0.4, 0.5) is 0 Å². The SMILES string of the molecule is CCCOc1cccc(-c2nc(CNCC)cs2)c1. The molecule has 0 saturated carbocycles. The van der Waals surface area contributed by atoms with Crippen molar-refractivity contribution in [1.29, 1.82) is 0 Å². The van der Waals surface area contributed by atoms with Gasteiger partial charge in [0.15, 0.2) is 0 Å². The summed E-state index contributed by atoms with van der Waals surface area (Å²) in [6.07, 6.45) is 1.02. The van der Waals surface area contributed by atoms with Crippen molar-refractivity contribution in [3.05, 3.63) is 35.3 Å². The number of aromatic nitrogens is 1. The number of hydrogen-bond acceptors (Lipinski definition) is 4. The Balaban J connectivity index is 2.10. The molecule has 0 atom stereocenters. The van der Waals surface area contributed by atoms with Crippen LogP contribution in [0.1, 0.15) is 26.0 Å². The fourth-order valence-corrected chi connectivity index (χ4v) is 2.53. The predicted molar refractivity (Wildman–Crippen MR) is 80.7 cm³/mol. The Hall–Kier alpha value is -1.39. The van der Waals surface area contributed by atoms with E-state index in [0.29, 0.717) is 0 Å². The van der Waals surface area contributed by atoms with Gasteiger partial charge < -0.3 is 10.1 Å². The lowest BCUT2D eigenvalue weighted by atomic mass is 10.2. The number of thiazole rings is 1. The maximum Gasteiger partial charge on any atom is 0.123 e. The van der Waals surface area contributed by atoms with Gasteiger partial charge in [0.05, 0.1) is 12.3 Å². The van der Waals surface area contributed by atoms with Crippen molar-refractivity contribution in [2.24, 2.45) is 0 Å². The van der Waals surface area contributed by atoms with E-state index in [-0.39, 0.29) is 0 Å². The minimum atomic E-state index is 0.757. The lowest BCUT2D eigenvalue weighted by Gasteiger charge is -2.05. The Labute approximate surface area is 118 Å². The minimum absolute atomic E-state index is 0.757. The second kappa shape index (κ2) is 7.26. The van der Waals surface area contributed by atoms with Gasteiger partial charge in [-0.1, -0.05) is 26.0 Å². The van der Waals surface area contributed by atoms with Crippen molar-refractivity contribution in [3.63, 3.8) is 0 Å². The number of benzene rings is 1. The second-order valence-corrected chi connectivity index (χ2v) is 5.16. The van der Waals surface area contributed by atoms with Gasteiger partial charge in [0.2, 0.25) is 0 Å². The van der Waals surface area contributed by atoms with Crippen molar-refractivity contribution in [3.8, 4) is 16.3 Å². The molecule has 1 N–H and O–H groups in total. The van der Waals surface area contributed by atoms with E-state index < -0.39 is 0 Å². The third kappa shape index (κ3) is 4.04. The first-order valence-electron chi connectivity index (χ1n) is 6.71. The summed E-state index contributed by atoms with van der Waals surface area (Å²) in [5, 5.41) is 6.45. The Morgan fingerprint density at radius 2 is 2.21 bits per heavy atom. The summed E-state index contributed by atoms with van der Waals surface area (Å²) in [6, 6.07) is 8.15. The highest BCUT2D eigenvalue weighted by atomic mass is 32.1. The molecule has 1 heterocycles. The summed E-state index contributed by atoms with van der Waals surface area (Å²) in [5.74, 6) is 0.919. The van der Waals surface area contributed by atoms with Gasteiger partial charge in [-0.3, -0.25) is 0 Å². The Morgan fingerprint density at radius 1 is 1.32 bits per heavy atom. The molecule has 4 heteroatoms. The van der Waals surface area contributed by atoms with Crippen molar-refractivity contribution in [2.75, 3.05) is 13.2 Å². The molecule has 1 aromatic heterocycles. The first-order valence-corrected chi connectivity index (χ1v) is 7.59. The van der Waals surface area contributed by atoms with Crippen LogP contribution in [0.25, 0.3) is 10.6 Å². The van der Waals surface area contributed by atoms with Gasteiger partial charge in [-0.15, -0.1) is 11.3 Å². The van der Waals surface area contributed by atoms with E-state index in [4.69, 9.17) is 4.74 Å². The Kier molecular flexibility index (Phi) is 5.36. The number of nitrogens with zero attached hydrogens (tertiary/aromatic N) is 1. The molecule has 2 aromatic rings. The number of hydrogen-bond donors (Lipinski definition) is 1. The fourth-order valence-electron chi connectivity index (χ4n) is 1.71. The molecular formula is C15H20N2OS. The molecule has 0 spiro atoms. The highest BCUT2D eigenvalue weighted by Crippen LogP contribution is 2.27. The highest BCUT2D eigenvalue weighted by Gasteiger charge is 2.05. The van der Waals surface area contributed by atoms with Gasteiger partial charge in [-0.2, -0.15) is 0 Å². The molecule has 0 aliphatic heterocycles. The molecule has 0 amide bonds. The molecule has 0 aliphatic rings. The predicted octanol–water partition coefficient (Wildman–Crippen LogP) is 3.71. The maximum atomic E-state index is 5.65. The zero-order chi connectivity index (χ0) is 13.5. The van der Waals surface area contributed by atoms with E-state index in [9.17, 15) is 0 Å². The van der Waals surface area contributed by atoms with Crippen LogP contribution in [0, 0.1) is 0 Å². The molecule has 1 aromatic carbocycles. The third-order valence-corrected chi connectivity index (χ3v) is 3.60. The average Bonchev–Trinajstić information content (AvgIpc) is 2.92. The van der Waals surface area contributed by atoms with Gasteiger partial charge in [0.25, 0.3) is 0 Å². The van der Waals surface area contributed by atoms with Crippen LogP contribution in [0.3, 0.4) is 0 Å². The molecule has 19 heavy (non-hydrogen) atoms. The third-order valence-electron chi connectivity index (χ3n) is 2.66. The number of ether oxygens (including phenoxy) is 1. The van der Waals surface area contributed by atoms with E-state index in [1.54, 1.807) is 11.3 Å². The summed E-state index contributed by atoms with van der Waals surface area (Å²) in [5.41, 5.74) is 2.23. The van der Waals surface area contributed by atoms with E-state index in [1.165, 1.54) is 0 Å². The van der Waals surface area contributed by atoms with Gasteiger partial charge in [-0.05, 0) is 25.1 Å². The smallest absolute Gasteiger partial charge is 0.123 e. The lowest BCUT2D eigenvalue weighted by molar-refractivity contribution is 0.317. The molecule has 0 fully saturated rings. The largest absolute Gasteiger partial charge is 0.494 e. The van der Waals surface area contributed by atoms with Crippen molar-refractivity contribution >= 4 is 11.3 Å². The van der Waals surface area contributed by atoms with E-state index in [1.807, 2.05) is 12.1 Å². The van der Waals surface area contributed by atoms with Crippen LogP contribution in [-0.2, 0) is 6.54 Å². The molecule has 0 unspecified atom stereocenters. The Bertz CT molecular complexity index is 510. The molecule has 102 valence electrons. The van der Waals surface area contributed by atoms with Crippen LogP contribution in [-0.4, -0.2) is 18.1 Å². The fraction of sp³-hybridized carbons (Fsp3) is 0.400. The normalized spacial score (nSPS) is 10.6. The van der Waals surface area contributed by atoms with Crippen molar-refractivity contribution in [1.82, 2.24) is 10.3 Å². The molecule has 0 saturated heterocycles. The highest BCUT2D eigenvalue weighted by molar-refractivity contribution is 7.13. The lowest BCUT2D eigenvalue weighted by Crippen LogP contribution is -2.11. The zero-order valence-electron chi connectivity index (χ0n) is 11.5. The van der Waals surface area contributed by atoms with Gasteiger partial charge >= 0.3 is 0 Å². The van der Waals surface area contributed by atoms with Crippen LogP contribution in [0.15, 0.2) is 29.6 Å². The molecule has 0 bridgehead atoms. The first-order chi connectivity index (χ1) is 9.33. The molecule has 0 aliphatic carbocycles. The zero-order valence-corrected chi connectivity index (χ0v) is 12.3. The van der Waals surface area contributed by atoms with Crippen LogP contribution in [0.2, 0.25) is 0 Å². The van der Waals surface area contributed by atoms with E-state index >= 15 is 0 Å². The number of nitrogens with one attached hydrogen (secondary N) is 1. The summed E-state index contributed by atoms with van der Waals surface area (Å²) in [7, 11) is 0. The molecule has 3 nitrogen and oxygen atoms in total. The monoisotopic (exact) mass is 276 g/mol. The van der Waals surface area contributed by atoms with Gasteiger partial charge in [0, 0.05) is 17.5 Å². The van der Waals surface area contributed by atoms with Crippen LogP contribution in [0.5, 0.6) is 5.75 Å². The quantitative estimate of drug-likeness (QED) is 0.837. The van der Waals surface area contributed by atoms with Crippen molar-refractivity contribution in [2.45, 2.75) is 26.8 Å². The molecular weight excluding hydrogens is 256 g/mol. The number of rotatable bonds is 7. The summed E-state index contributed by atoms with van der Waals surface area (Å²) >= 11 is 1.68. The maximum absolute atomic E-state index is 5.65. The first kappa shape index (κ1) is 14.0. The van der Waals surface area contributed by atoms with Crippen molar-refractivity contribution < 1.29 is 4.74 Å². The minimum Gasteiger partial charge on any atom is -0.494 e. The van der Waals surface area contributed by atoms with Gasteiger partial charge in [-0.25, -0.2) is 4.98 Å². The second-order valence-electron chi connectivity index (χ2n) is 4.30. The standard InChI is InChI=1S/C15H20N2OS/c1-3-8-18-14-7-5-6-12(9-14)15-17-13(11-19-15)10-16-4-2/h5-7,9,11,16H,3-4,8,10H2,1-2H3. The average molecular weight is 276 g/mol. The molecule has 2 rings (SSSR count). The topological polar surface area (TPSA) is 34.1 Å². The summed E-state index contributed by atoms with van der Waals surface area (Å²) < 4.78 is 5.65. The van der Waals surface area contributed by atoms with E-state index in [2.05, 4.69) is 41.7 Å². The van der Waals surface area contributed by atoms with E-state index in [0.717, 1.165) is 48.1 Å². The summed E-state index contributed by atoms with van der Waals surface area (Å²) in [6.45, 7) is 6.76.